The van der Waals surface area contributed by atoms with Gasteiger partial charge in [0.1, 0.15) is 11.3 Å². The van der Waals surface area contributed by atoms with Gasteiger partial charge in [-0.25, -0.2) is 9.69 Å². The lowest BCUT2D eigenvalue weighted by atomic mass is 9.87. The van der Waals surface area contributed by atoms with Gasteiger partial charge in [0.2, 0.25) is 11.8 Å². The zero-order valence-corrected chi connectivity index (χ0v) is 21.1. The van der Waals surface area contributed by atoms with Crippen molar-refractivity contribution in [3.05, 3.63) is 58.1 Å². The van der Waals surface area contributed by atoms with Crippen molar-refractivity contribution in [3.8, 4) is 5.75 Å². The van der Waals surface area contributed by atoms with E-state index in [0.717, 1.165) is 17.0 Å². The molecule has 14 heteroatoms. The molecule has 0 saturated carbocycles. The highest BCUT2D eigenvalue weighted by Gasteiger charge is 2.62. The molecule has 5 amide bonds. The third-order valence-corrected chi connectivity index (χ3v) is 6.69. The van der Waals surface area contributed by atoms with E-state index < -0.39 is 47.4 Å². The number of fused-ring (bicyclic) bond motifs is 1. The van der Waals surface area contributed by atoms with Gasteiger partial charge in [-0.15, -0.1) is 13.2 Å². The quantitative estimate of drug-likeness (QED) is 0.466. The van der Waals surface area contributed by atoms with E-state index in [0.29, 0.717) is 5.56 Å². The minimum atomic E-state index is -4.87. The van der Waals surface area contributed by atoms with E-state index in [1.54, 1.807) is 0 Å². The van der Waals surface area contributed by atoms with Crippen molar-refractivity contribution in [2.24, 2.45) is 5.73 Å². The van der Waals surface area contributed by atoms with Gasteiger partial charge >= 0.3 is 12.4 Å². The molecule has 2 aromatic carbocycles. The van der Waals surface area contributed by atoms with Gasteiger partial charge in [0.15, 0.2) is 0 Å². The highest BCUT2D eigenvalue weighted by atomic mass is 35.5. The van der Waals surface area contributed by atoms with Crippen LogP contribution in [0.2, 0.25) is 10.0 Å². The molecule has 202 valence electrons. The van der Waals surface area contributed by atoms with Gasteiger partial charge in [-0.3, -0.25) is 14.4 Å². The number of nitrogens with two attached hydrogens (primary N) is 1. The molecule has 3 N–H and O–H groups in total. The van der Waals surface area contributed by atoms with Crippen LogP contribution in [0.4, 0.5) is 23.7 Å². The van der Waals surface area contributed by atoms with Gasteiger partial charge in [0.25, 0.3) is 5.91 Å². The molecule has 4 rings (SSSR count). The van der Waals surface area contributed by atoms with Crippen molar-refractivity contribution in [1.82, 2.24) is 10.2 Å². The number of alkyl halides is 3. The number of benzene rings is 2. The Labute approximate surface area is 224 Å². The van der Waals surface area contributed by atoms with Gasteiger partial charge in [-0.2, -0.15) is 0 Å². The summed E-state index contributed by atoms with van der Waals surface area (Å²) in [5.74, 6) is -2.17. The maximum absolute atomic E-state index is 13.9. The smallest absolute Gasteiger partial charge is 0.406 e. The van der Waals surface area contributed by atoms with E-state index in [1.807, 2.05) is 0 Å². The molecule has 2 heterocycles. The van der Waals surface area contributed by atoms with E-state index in [-0.39, 0.29) is 48.0 Å². The SMILES string of the molecule is NC(=O)CCC(=O)N[C@@H]1CN2C(=O)N(c3cc(Cl)cc(Cl)c3)C(=O)[C@@]2(Cc2ccc(OC(F)(F)F)cc2)C1. The summed E-state index contributed by atoms with van der Waals surface area (Å²) in [5, 5.41) is 3.13. The Morgan fingerprint density at radius 3 is 2.29 bits per heavy atom. The summed E-state index contributed by atoms with van der Waals surface area (Å²) in [6, 6.07) is 7.91. The molecule has 2 aromatic rings. The summed E-state index contributed by atoms with van der Waals surface area (Å²) < 4.78 is 41.6. The first-order valence-electron chi connectivity index (χ1n) is 11.3. The van der Waals surface area contributed by atoms with Crippen molar-refractivity contribution in [1.29, 1.82) is 0 Å². The molecule has 2 aliphatic rings. The molecule has 2 fully saturated rings. The topological polar surface area (TPSA) is 122 Å². The number of amides is 5. The third-order valence-electron chi connectivity index (χ3n) is 6.25. The average Bonchev–Trinajstić information content (AvgIpc) is 3.24. The van der Waals surface area contributed by atoms with Crippen LogP contribution in [0, 0.1) is 0 Å². The van der Waals surface area contributed by atoms with Crippen LogP contribution in [0.5, 0.6) is 5.75 Å². The Hall–Kier alpha value is -3.51. The van der Waals surface area contributed by atoms with Gasteiger partial charge in [-0.05, 0) is 35.9 Å². The summed E-state index contributed by atoms with van der Waals surface area (Å²) in [7, 11) is 0. The van der Waals surface area contributed by atoms with Crippen LogP contribution in [0.3, 0.4) is 0 Å². The molecule has 38 heavy (non-hydrogen) atoms. The van der Waals surface area contributed by atoms with E-state index in [2.05, 4.69) is 10.1 Å². The third kappa shape index (κ3) is 5.81. The van der Waals surface area contributed by atoms with Crippen LogP contribution in [0.15, 0.2) is 42.5 Å². The molecule has 0 aliphatic carbocycles. The first-order valence-corrected chi connectivity index (χ1v) is 12.1. The van der Waals surface area contributed by atoms with Crippen molar-refractivity contribution in [2.75, 3.05) is 11.4 Å². The number of nitrogens with zero attached hydrogens (tertiary/aromatic N) is 2. The number of anilines is 1. The molecular formula is C24H21Cl2F3N4O5. The monoisotopic (exact) mass is 572 g/mol. The van der Waals surface area contributed by atoms with Crippen molar-refractivity contribution < 1.29 is 37.1 Å². The highest BCUT2D eigenvalue weighted by molar-refractivity contribution is 6.35. The van der Waals surface area contributed by atoms with Crippen molar-refractivity contribution in [3.63, 3.8) is 0 Å². The number of urea groups is 1. The second kappa shape index (κ2) is 10.3. The number of rotatable bonds is 8. The maximum atomic E-state index is 13.9. The summed E-state index contributed by atoms with van der Waals surface area (Å²) in [4.78, 5) is 53.0. The van der Waals surface area contributed by atoms with E-state index >= 15 is 0 Å². The van der Waals surface area contributed by atoms with Crippen molar-refractivity contribution >= 4 is 52.6 Å². The molecular weight excluding hydrogens is 552 g/mol. The second-order valence-electron chi connectivity index (χ2n) is 9.00. The van der Waals surface area contributed by atoms with E-state index in [1.165, 1.54) is 35.2 Å². The van der Waals surface area contributed by atoms with E-state index in [9.17, 15) is 32.3 Å². The molecule has 0 radical (unpaired) electrons. The Morgan fingerprint density at radius 2 is 1.71 bits per heavy atom. The van der Waals surface area contributed by atoms with E-state index in [4.69, 9.17) is 28.9 Å². The number of ether oxygens (including phenoxy) is 1. The summed E-state index contributed by atoms with van der Waals surface area (Å²) >= 11 is 12.2. The zero-order chi connectivity index (χ0) is 27.8. The normalized spacial score (nSPS) is 21.0. The summed E-state index contributed by atoms with van der Waals surface area (Å²) in [6.45, 7) is -0.0209. The maximum Gasteiger partial charge on any atom is 0.573 e. The number of carbonyl (C=O) groups excluding carboxylic acids is 4. The van der Waals surface area contributed by atoms with Crippen LogP contribution < -0.4 is 20.7 Å². The largest absolute Gasteiger partial charge is 0.573 e. The standard InChI is InChI=1S/C24H21Cl2F3N4O5/c25-14-7-15(26)9-17(8-14)33-21(36)23(10-13-1-3-18(4-2-13)38-24(27,28)29)11-16(12-32(23)22(33)37)31-20(35)6-5-19(30)34/h1-4,7-9,16H,5-6,10-12H2,(H2,30,34)(H,31,35)/t16-,23+/m0/s1. The summed E-state index contributed by atoms with van der Waals surface area (Å²) in [5.41, 5.74) is 4.24. The number of carbonyl (C=O) groups is 4. The fraction of sp³-hybridized carbons (Fsp3) is 0.333. The van der Waals surface area contributed by atoms with Crippen LogP contribution in [0.1, 0.15) is 24.8 Å². The first-order chi connectivity index (χ1) is 17.8. The molecule has 0 unspecified atom stereocenters. The van der Waals surface area contributed by atoms with Gasteiger partial charge < -0.3 is 20.7 Å². The first kappa shape index (κ1) is 27.5. The Balaban J connectivity index is 1.64. The Bertz CT molecular complexity index is 1270. The van der Waals surface area contributed by atoms with Crippen LogP contribution >= 0.6 is 23.2 Å². The van der Waals surface area contributed by atoms with Crippen LogP contribution in [-0.4, -0.2) is 53.1 Å². The molecule has 9 nitrogen and oxygen atoms in total. The van der Waals surface area contributed by atoms with Crippen molar-refractivity contribution in [2.45, 2.75) is 43.6 Å². The zero-order valence-electron chi connectivity index (χ0n) is 19.6. The second-order valence-corrected chi connectivity index (χ2v) is 9.87. The predicted molar refractivity (Wildman–Crippen MR) is 131 cm³/mol. The lowest BCUT2D eigenvalue weighted by molar-refractivity contribution is -0.274. The number of hydrogen-bond donors (Lipinski definition) is 2. The molecule has 0 spiro atoms. The molecule has 2 saturated heterocycles. The van der Waals surface area contributed by atoms with Gasteiger partial charge in [0, 0.05) is 48.3 Å². The fourth-order valence-electron chi connectivity index (χ4n) is 4.78. The molecule has 0 aromatic heterocycles. The van der Waals surface area contributed by atoms with Gasteiger partial charge in [-0.1, -0.05) is 35.3 Å². The minimum absolute atomic E-state index is 0.0193. The number of primary amides is 1. The van der Waals surface area contributed by atoms with Crippen LogP contribution in [-0.2, 0) is 20.8 Å². The fourth-order valence-corrected chi connectivity index (χ4v) is 5.29. The molecule has 2 atom stereocenters. The predicted octanol–water partition coefficient (Wildman–Crippen LogP) is 3.80. The minimum Gasteiger partial charge on any atom is -0.406 e. The number of halogens is 5. The molecule has 2 aliphatic heterocycles. The lowest BCUT2D eigenvalue weighted by Crippen LogP contribution is -2.47. The number of hydrogen-bond acceptors (Lipinski definition) is 5. The Kier molecular flexibility index (Phi) is 7.48. The van der Waals surface area contributed by atoms with Crippen LogP contribution in [0.25, 0.3) is 0 Å². The lowest BCUT2D eigenvalue weighted by Gasteiger charge is -2.28. The average molecular weight is 573 g/mol. The summed E-state index contributed by atoms with van der Waals surface area (Å²) in [6.07, 6.45) is -5.22. The van der Waals surface area contributed by atoms with Gasteiger partial charge in [0.05, 0.1) is 5.69 Å². The Morgan fingerprint density at radius 1 is 1.08 bits per heavy atom. The molecule has 0 bridgehead atoms. The number of imide groups is 1. The number of nitrogens with one attached hydrogen (secondary N) is 1. The highest BCUT2D eigenvalue weighted by Crippen LogP contribution is 2.43.